The van der Waals surface area contributed by atoms with Gasteiger partial charge >= 0.3 is 0 Å². The molecule has 1 aliphatic rings. The first-order valence-corrected chi connectivity index (χ1v) is 15.1. The second-order valence-electron chi connectivity index (χ2n) is 11.2. The minimum atomic E-state index is -1.49. The van der Waals surface area contributed by atoms with Crippen LogP contribution in [0.4, 0.5) is 5.82 Å². The van der Waals surface area contributed by atoms with Crippen molar-refractivity contribution < 1.29 is 34.1 Å². The minimum Gasteiger partial charge on any atom is -0.387 e. The van der Waals surface area contributed by atoms with E-state index in [1.165, 1.54) is 17.2 Å². The number of amides is 3. The van der Waals surface area contributed by atoms with Crippen molar-refractivity contribution in [2.75, 3.05) is 12.3 Å². The minimum absolute atomic E-state index is 0.116. The van der Waals surface area contributed by atoms with Gasteiger partial charge in [0.05, 0.1) is 6.33 Å². The molecule has 8 N–H and O–H groups in total. The highest BCUT2D eigenvalue weighted by Gasteiger charge is 2.47. The zero-order valence-corrected chi connectivity index (χ0v) is 25.4. The molecular formula is C32H36N8O7. The number of aliphatic hydroxyl groups is 2. The SMILES string of the molecule is NC(=O)[C@@H](Cc1ccc(C(=O)c2ccccc2)cc1)NC(=O)CCCCCNC(=O)[C@H]1O[C@@H](n2cnc3c(N)ncnc32)[C@H](O)[C@@H]1O. The van der Waals surface area contributed by atoms with Crippen molar-refractivity contribution in [3.8, 4) is 0 Å². The number of rotatable bonds is 14. The predicted octanol–water partition coefficient (Wildman–Crippen LogP) is 0.148. The van der Waals surface area contributed by atoms with Crippen LogP contribution in [-0.4, -0.2) is 84.1 Å². The number of nitrogens with two attached hydrogens (primary N) is 2. The molecule has 4 aromatic rings. The van der Waals surface area contributed by atoms with E-state index in [-0.39, 0.29) is 42.5 Å². The van der Waals surface area contributed by atoms with Gasteiger partial charge in [-0.1, -0.05) is 61.0 Å². The molecule has 15 heteroatoms. The Kier molecular flexibility index (Phi) is 10.5. The van der Waals surface area contributed by atoms with Crippen molar-refractivity contribution in [1.29, 1.82) is 0 Å². The van der Waals surface area contributed by atoms with Gasteiger partial charge in [-0.3, -0.25) is 23.7 Å². The monoisotopic (exact) mass is 644 g/mol. The molecule has 5 rings (SSSR count). The molecule has 246 valence electrons. The van der Waals surface area contributed by atoms with E-state index in [1.54, 1.807) is 48.5 Å². The highest BCUT2D eigenvalue weighted by Crippen LogP contribution is 2.32. The van der Waals surface area contributed by atoms with Gasteiger partial charge in [-0.25, -0.2) is 15.0 Å². The molecule has 0 spiro atoms. The van der Waals surface area contributed by atoms with Crippen molar-refractivity contribution >= 4 is 40.5 Å². The smallest absolute Gasteiger partial charge is 0.252 e. The van der Waals surface area contributed by atoms with Crippen LogP contribution in [0.5, 0.6) is 0 Å². The number of ether oxygens (including phenoxy) is 1. The fourth-order valence-electron chi connectivity index (χ4n) is 5.34. The van der Waals surface area contributed by atoms with Gasteiger partial charge in [0, 0.05) is 30.5 Å². The van der Waals surface area contributed by atoms with Crippen LogP contribution in [0.1, 0.15) is 53.4 Å². The second-order valence-corrected chi connectivity index (χ2v) is 11.2. The Hall–Kier alpha value is -5.25. The van der Waals surface area contributed by atoms with E-state index in [0.717, 1.165) is 5.56 Å². The standard InChI is InChI=1S/C32H36N8O7/c33-28-23-30(37-16-36-28)40(17-38-23)32-26(44)25(43)27(47-32)31(46)35-14-6-2-5-9-22(41)39-21(29(34)45)15-18-10-12-20(13-11-18)24(42)19-7-3-1-4-8-19/h1,3-4,7-8,10-13,16-17,21,25-27,32,43-44H,2,5-6,9,14-15H2,(H2,34,45)(H,35,46)(H,39,41)(H2,33,36,37)/t21-,25+,26-,27+,32-/m1/s1. The summed E-state index contributed by atoms with van der Waals surface area (Å²) >= 11 is 0. The first kappa shape index (κ1) is 33.1. The number of carbonyl (C=O) groups excluding carboxylic acids is 4. The summed E-state index contributed by atoms with van der Waals surface area (Å²) in [5, 5.41) is 26.4. The zero-order valence-electron chi connectivity index (χ0n) is 25.4. The number of nitrogens with one attached hydrogen (secondary N) is 2. The first-order valence-electron chi connectivity index (χ1n) is 15.1. The molecule has 2 aromatic carbocycles. The Balaban J connectivity index is 1.02. The van der Waals surface area contributed by atoms with Crippen LogP contribution < -0.4 is 22.1 Å². The van der Waals surface area contributed by atoms with E-state index in [4.69, 9.17) is 16.2 Å². The van der Waals surface area contributed by atoms with Gasteiger partial charge in [0.1, 0.15) is 30.1 Å². The third-order valence-electron chi connectivity index (χ3n) is 7.91. The maximum atomic E-state index is 12.7. The number of unbranched alkanes of at least 4 members (excludes halogenated alkanes) is 2. The van der Waals surface area contributed by atoms with Crippen LogP contribution in [-0.2, 0) is 25.5 Å². The number of nitrogen functional groups attached to an aromatic ring is 1. The number of carbonyl (C=O) groups is 4. The molecule has 47 heavy (non-hydrogen) atoms. The quantitative estimate of drug-likeness (QED) is 0.0798. The number of ketones is 1. The molecular weight excluding hydrogens is 608 g/mol. The Morgan fingerprint density at radius 1 is 0.915 bits per heavy atom. The summed E-state index contributed by atoms with van der Waals surface area (Å²) < 4.78 is 7.07. The molecule has 3 heterocycles. The zero-order chi connectivity index (χ0) is 33.5. The molecule has 2 aromatic heterocycles. The third kappa shape index (κ3) is 7.77. The van der Waals surface area contributed by atoms with Gasteiger partial charge in [0.15, 0.2) is 29.6 Å². The summed E-state index contributed by atoms with van der Waals surface area (Å²) in [6.07, 6.45) is -0.860. The van der Waals surface area contributed by atoms with Crippen molar-refractivity contribution in [1.82, 2.24) is 30.2 Å². The number of fused-ring (bicyclic) bond motifs is 1. The molecule has 1 saturated heterocycles. The van der Waals surface area contributed by atoms with Gasteiger partial charge < -0.3 is 37.1 Å². The molecule has 1 aliphatic heterocycles. The summed E-state index contributed by atoms with van der Waals surface area (Å²) in [5.41, 5.74) is 13.7. The van der Waals surface area contributed by atoms with Crippen LogP contribution in [0.2, 0.25) is 0 Å². The first-order chi connectivity index (χ1) is 22.6. The van der Waals surface area contributed by atoms with E-state index in [2.05, 4.69) is 25.6 Å². The number of anilines is 1. The molecule has 15 nitrogen and oxygen atoms in total. The average molecular weight is 645 g/mol. The number of aromatic nitrogens is 4. The van der Waals surface area contributed by atoms with Gasteiger partial charge in [0.25, 0.3) is 5.91 Å². The van der Waals surface area contributed by atoms with Crippen LogP contribution >= 0.6 is 0 Å². The fourth-order valence-corrected chi connectivity index (χ4v) is 5.34. The number of hydrogen-bond donors (Lipinski definition) is 6. The van der Waals surface area contributed by atoms with Gasteiger partial charge in [-0.2, -0.15) is 0 Å². The van der Waals surface area contributed by atoms with Gasteiger partial charge in [0.2, 0.25) is 11.8 Å². The van der Waals surface area contributed by atoms with E-state index in [9.17, 15) is 29.4 Å². The predicted molar refractivity (Wildman–Crippen MR) is 168 cm³/mol. The molecule has 1 fully saturated rings. The number of aliphatic hydroxyl groups excluding tert-OH is 2. The molecule has 0 saturated carbocycles. The van der Waals surface area contributed by atoms with Crippen LogP contribution in [0.15, 0.2) is 67.3 Å². The maximum absolute atomic E-state index is 12.7. The number of primary amides is 1. The molecule has 0 unspecified atom stereocenters. The molecule has 0 bridgehead atoms. The normalized spacial score (nSPS) is 19.7. The van der Waals surface area contributed by atoms with Crippen molar-refractivity contribution in [2.24, 2.45) is 5.73 Å². The topological polar surface area (TPSA) is 238 Å². The molecule has 5 atom stereocenters. The maximum Gasteiger partial charge on any atom is 0.252 e. The van der Waals surface area contributed by atoms with Crippen LogP contribution in [0, 0.1) is 0 Å². The summed E-state index contributed by atoms with van der Waals surface area (Å²) in [6, 6.07) is 14.8. The Bertz CT molecular complexity index is 1730. The molecule has 3 amide bonds. The molecule has 0 radical (unpaired) electrons. The fraction of sp³-hybridized carbons (Fsp3) is 0.344. The summed E-state index contributed by atoms with van der Waals surface area (Å²) in [7, 11) is 0. The lowest BCUT2D eigenvalue weighted by Crippen LogP contribution is -2.45. The van der Waals surface area contributed by atoms with Gasteiger partial charge in [-0.05, 0) is 18.4 Å². The van der Waals surface area contributed by atoms with Crippen molar-refractivity contribution in [3.05, 3.63) is 83.9 Å². The lowest BCUT2D eigenvalue weighted by Gasteiger charge is -2.16. The highest BCUT2D eigenvalue weighted by molar-refractivity contribution is 6.09. The van der Waals surface area contributed by atoms with Crippen LogP contribution in [0.25, 0.3) is 11.2 Å². The average Bonchev–Trinajstić information content (AvgIpc) is 3.63. The third-order valence-corrected chi connectivity index (χ3v) is 7.91. The van der Waals surface area contributed by atoms with E-state index in [1.807, 2.05) is 6.07 Å². The number of nitrogens with zero attached hydrogens (tertiary/aromatic N) is 4. The molecule has 0 aliphatic carbocycles. The Morgan fingerprint density at radius 3 is 2.36 bits per heavy atom. The Morgan fingerprint density at radius 2 is 1.64 bits per heavy atom. The van der Waals surface area contributed by atoms with Crippen LogP contribution in [0.3, 0.4) is 0 Å². The second kappa shape index (κ2) is 14.9. The summed E-state index contributed by atoms with van der Waals surface area (Å²) in [4.78, 5) is 62.0. The largest absolute Gasteiger partial charge is 0.387 e. The lowest BCUT2D eigenvalue weighted by molar-refractivity contribution is -0.137. The van der Waals surface area contributed by atoms with E-state index >= 15 is 0 Å². The highest BCUT2D eigenvalue weighted by atomic mass is 16.6. The number of hydrogen-bond acceptors (Lipinski definition) is 11. The van der Waals surface area contributed by atoms with E-state index < -0.39 is 42.4 Å². The van der Waals surface area contributed by atoms with Gasteiger partial charge in [-0.15, -0.1) is 0 Å². The summed E-state index contributed by atoms with van der Waals surface area (Å²) in [5.74, 6) is -1.59. The summed E-state index contributed by atoms with van der Waals surface area (Å²) in [6.45, 7) is 0.248. The Labute approximate surface area is 269 Å². The number of imidazole rings is 1. The number of benzene rings is 2. The van der Waals surface area contributed by atoms with Crippen molar-refractivity contribution in [2.45, 2.75) is 62.7 Å². The lowest BCUT2D eigenvalue weighted by atomic mass is 9.99. The van der Waals surface area contributed by atoms with E-state index in [0.29, 0.717) is 35.9 Å². The van der Waals surface area contributed by atoms with Crippen molar-refractivity contribution in [3.63, 3.8) is 0 Å².